The van der Waals surface area contributed by atoms with E-state index in [1.165, 1.54) is 4.80 Å². The maximum Gasteiger partial charge on any atom is 0.263 e. The van der Waals surface area contributed by atoms with Crippen LogP contribution in [0.25, 0.3) is 0 Å². The SMILES string of the molecule is COc1cc(CNc2nnn(C)n2)cc(Cl)c1OCc1ccc(Cl)cc1Cl. The van der Waals surface area contributed by atoms with Crippen molar-refractivity contribution in [3.05, 3.63) is 56.5 Å². The third kappa shape index (κ3) is 4.94. The predicted molar refractivity (Wildman–Crippen MR) is 105 cm³/mol. The summed E-state index contributed by atoms with van der Waals surface area (Å²) in [7, 11) is 3.24. The number of rotatable bonds is 7. The van der Waals surface area contributed by atoms with Gasteiger partial charge in [-0.05, 0) is 35.0 Å². The quantitative estimate of drug-likeness (QED) is 0.602. The van der Waals surface area contributed by atoms with Gasteiger partial charge in [-0.1, -0.05) is 46.0 Å². The van der Waals surface area contributed by atoms with Crippen LogP contribution in [0.1, 0.15) is 11.1 Å². The van der Waals surface area contributed by atoms with Gasteiger partial charge in [-0.25, -0.2) is 0 Å². The molecule has 0 aliphatic heterocycles. The molecule has 27 heavy (non-hydrogen) atoms. The minimum absolute atomic E-state index is 0.229. The molecule has 3 rings (SSSR count). The molecule has 7 nitrogen and oxygen atoms in total. The molecule has 0 saturated heterocycles. The largest absolute Gasteiger partial charge is 0.493 e. The molecule has 3 aromatic rings. The molecule has 0 saturated carbocycles. The summed E-state index contributed by atoms with van der Waals surface area (Å²) in [6.07, 6.45) is 0. The van der Waals surface area contributed by atoms with E-state index in [0.29, 0.717) is 39.1 Å². The first-order valence-electron chi connectivity index (χ1n) is 7.87. The van der Waals surface area contributed by atoms with E-state index in [1.54, 1.807) is 38.4 Å². The molecule has 142 valence electrons. The van der Waals surface area contributed by atoms with Gasteiger partial charge in [0.05, 0.1) is 19.2 Å². The number of nitrogens with one attached hydrogen (secondary N) is 1. The van der Waals surface area contributed by atoms with E-state index >= 15 is 0 Å². The summed E-state index contributed by atoms with van der Waals surface area (Å²) in [6, 6.07) is 8.83. The lowest BCUT2D eigenvalue weighted by Gasteiger charge is -2.15. The summed E-state index contributed by atoms with van der Waals surface area (Å²) in [5.74, 6) is 1.37. The molecule has 0 spiro atoms. The van der Waals surface area contributed by atoms with Crippen molar-refractivity contribution in [2.24, 2.45) is 7.05 Å². The lowest BCUT2D eigenvalue weighted by Crippen LogP contribution is -2.04. The number of hydrogen-bond donors (Lipinski definition) is 1. The molecule has 2 aromatic carbocycles. The number of anilines is 1. The van der Waals surface area contributed by atoms with Gasteiger partial charge in [-0.15, -0.1) is 5.10 Å². The molecule has 0 aliphatic carbocycles. The smallest absolute Gasteiger partial charge is 0.263 e. The Morgan fingerprint density at radius 2 is 1.93 bits per heavy atom. The lowest BCUT2D eigenvalue weighted by molar-refractivity contribution is 0.284. The van der Waals surface area contributed by atoms with Gasteiger partial charge in [0.2, 0.25) is 0 Å². The van der Waals surface area contributed by atoms with Crippen molar-refractivity contribution in [1.82, 2.24) is 20.2 Å². The Morgan fingerprint density at radius 3 is 2.59 bits per heavy atom. The van der Waals surface area contributed by atoms with Crippen molar-refractivity contribution in [2.75, 3.05) is 12.4 Å². The van der Waals surface area contributed by atoms with Gasteiger partial charge >= 0.3 is 0 Å². The van der Waals surface area contributed by atoms with Crippen molar-refractivity contribution in [3.63, 3.8) is 0 Å². The summed E-state index contributed by atoms with van der Waals surface area (Å²) in [5, 5.41) is 16.3. The van der Waals surface area contributed by atoms with Crippen LogP contribution in [0.15, 0.2) is 30.3 Å². The molecule has 0 aliphatic rings. The third-order valence-electron chi connectivity index (χ3n) is 3.64. The number of ether oxygens (including phenoxy) is 2. The van der Waals surface area contributed by atoms with Gasteiger partial charge in [-0.2, -0.15) is 4.80 Å². The molecule has 0 bridgehead atoms. The Bertz CT molecular complexity index is 948. The highest BCUT2D eigenvalue weighted by molar-refractivity contribution is 6.35. The van der Waals surface area contributed by atoms with Crippen LogP contribution in [0.3, 0.4) is 0 Å². The van der Waals surface area contributed by atoms with Gasteiger partial charge in [0.1, 0.15) is 6.61 Å². The fourth-order valence-electron chi connectivity index (χ4n) is 2.34. The predicted octanol–water partition coefficient (Wildman–Crippen LogP) is 4.37. The molecule has 0 fully saturated rings. The highest BCUT2D eigenvalue weighted by atomic mass is 35.5. The van der Waals surface area contributed by atoms with Crippen LogP contribution < -0.4 is 14.8 Å². The molecule has 0 amide bonds. The second kappa shape index (κ2) is 8.65. The van der Waals surface area contributed by atoms with Crippen LogP contribution in [0.2, 0.25) is 15.1 Å². The van der Waals surface area contributed by atoms with E-state index in [0.717, 1.165) is 11.1 Å². The van der Waals surface area contributed by atoms with Crippen LogP contribution >= 0.6 is 34.8 Å². The number of hydrogen-bond acceptors (Lipinski definition) is 6. The van der Waals surface area contributed by atoms with E-state index < -0.39 is 0 Å². The first-order chi connectivity index (χ1) is 13.0. The van der Waals surface area contributed by atoms with Gasteiger partial charge in [0.25, 0.3) is 5.95 Å². The second-order valence-electron chi connectivity index (χ2n) is 5.59. The molecule has 1 N–H and O–H groups in total. The minimum atomic E-state index is 0.229. The van der Waals surface area contributed by atoms with Crippen molar-refractivity contribution < 1.29 is 9.47 Å². The maximum absolute atomic E-state index is 6.40. The Balaban J connectivity index is 1.73. The molecule has 0 unspecified atom stereocenters. The van der Waals surface area contributed by atoms with Crippen molar-refractivity contribution in [2.45, 2.75) is 13.2 Å². The average Bonchev–Trinajstić information content (AvgIpc) is 3.05. The zero-order chi connectivity index (χ0) is 19.4. The normalized spacial score (nSPS) is 10.7. The molecule has 1 aromatic heterocycles. The molecule has 0 radical (unpaired) electrons. The first kappa shape index (κ1) is 19.5. The van der Waals surface area contributed by atoms with Crippen LogP contribution in [0, 0.1) is 0 Å². The van der Waals surface area contributed by atoms with E-state index in [4.69, 9.17) is 44.3 Å². The van der Waals surface area contributed by atoms with E-state index in [-0.39, 0.29) is 6.61 Å². The summed E-state index contributed by atoms with van der Waals surface area (Å²) in [5.41, 5.74) is 1.67. The first-order valence-corrected chi connectivity index (χ1v) is 9.00. The van der Waals surface area contributed by atoms with Gasteiger partial charge in [-0.3, -0.25) is 0 Å². The number of halogens is 3. The summed E-state index contributed by atoms with van der Waals surface area (Å²) in [6.45, 7) is 0.679. The summed E-state index contributed by atoms with van der Waals surface area (Å²) >= 11 is 18.5. The number of aryl methyl sites for hydroxylation is 1. The number of nitrogens with zero attached hydrogens (tertiary/aromatic N) is 4. The van der Waals surface area contributed by atoms with Crippen LogP contribution in [-0.2, 0) is 20.2 Å². The number of methoxy groups -OCH3 is 1. The summed E-state index contributed by atoms with van der Waals surface area (Å²) < 4.78 is 11.3. The van der Waals surface area contributed by atoms with Crippen LogP contribution in [0.4, 0.5) is 5.95 Å². The third-order valence-corrected chi connectivity index (χ3v) is 4.50. The van der Waals surface area contributed by atoms with E-state index in [2.05, 4.69) is 20.7 Å². The molecule has 0 atom stereocenters. The van der Waals surface area contributed by atoms with Gasteiger partial charge < -0.3 is 14.8 Å². The molecule has 10 heteroatoms. The molecular weight excluding hydrogens is 413 g/mol. The standard InChI is InChI=1S/C17H16Cl3N5O2/c1-25-23-17(22-24-25)21-8-10-5-14(20)16(15(6-10)26-2)27-9-11-3-4-12(18)7-13(11)19/h3-7H,8-9H2,1-2H3,(H,21,23). The lowest BCUT2D eigenvalue weighted by atomic mass is 10.2. The average molecular weight is 429 g/mol. The number of tetrazole rings is 1. The minimum Gasteiger partial charge on any atom is -0.493 e. The van der Waals surface area contributed by atoms with Gasteiger partial charge in [0, 0.05) is 22.2 Å². The zero-order valence-corrected chi connectivity index (χ0v) is 16.8. The Hall–Kier alpha value is -2.22. The Morgan fingerprint density at radius 1 is 1.11 bits per heavy atom. The second-order valence-corrected chi connectivity index (χ2v) is 6.84. The molecular formula is C17H16Cl3N5O2. The highest BCUT2D eigenvalue weighted by Gasteiger charge is 2.14. The maximum atomic E-state index is 6.40. The monoisotopic (exact) mass is 427 g/mol. The van der Waals surface area contributed by atoms with E-state index in [9.17, 15) is 0 Å². The highest BCUT2D eigenvalue weighted by Crippen LogP contribution is 2.37. The Labute approximate surface area is 171 Å². The number of aromatic nitrogens is 4. The van der Waals surface area contributed by atoms with Crippen molar-refractivity contribution in [1.29, 1.82) is 0 Å². The fraction of sp³-hybridized carbons (Fsp3) is 0.235. The van der Waals surface area contributed by atoms with E-state index in [1.807, 2.05) is 6.07 Å². The zero-order valence-electron chi connectivity index (χ0n) is 14.5. The number of benzene rings is 2. The Kier molecular flexibility index (Phi) is 6.26. The fourth-order valence-corrected chi connectivity index (χ4v) is 3.09. The van der Waals surface area contributed by atoms with Crippen molar-refractivity contribution >= 4 is 40.8 Å². The van der Waals surface area contributed by atoms with Gasteiger partial charge in [0.15, 0.2) is 11.5 Å². The summed E-state index contributed by atoms with van der Waals surface area (Å²) in [4.78, 5) is 1.37. The van der Waals surface area contributed by atoms with Crippen molar-refractivity contribution in [3.8, 4) is 11.5 Å². The topological polar surface area (TPSA) is 74.1 Å². The van der Waals surface area contributed by atoms with Crippen LogP contribution in [-0.4, -0.2) is 27.3 Å². The van der Waals surface area contributed by atoms with Crippen LogP contribution in [0.5, 0.6) is 11.5 Å². The molecule has 1 heterocycles.